The zero-order chi connectivity index (χ0) is 7.49. The summed E-state index contributed by atoms with van der Waals surface area (Å²) in [5.41, 5.74) is 0. The maximum absolute atomic E-state index is 11.4. The van der Waals surface area contributed by atoms with Gasteiger partial charge in [-0.3, -0.25) is 0 Å². The van der Waals surface area contributed by atoms with Crippen molar-refractivity contribution in [2.45, 2.75) is 6.18 Å². The van der Waals surface area contributed by atoms with Gasteiger partial charge in [0.05, 0.1) is 0 Å². The van der Waals surface area contributed by atoms with Crippen LogP contribution in [0.15, 0.2) is 11.9 Å². The summed E-state index contributed by atoms with van der Waals surface area (Å²) in [4.78, 5) is 0. The highest BCUT2D eigenvalue weighted by Gasteiger charge is 2.33. The lowest BCUT2D eigenvalue weighted by Crippen LogP contribution is -2.07. The predicted octanol–water partition coefficient (Wildman–Crippen LogP) is 2.37. The van der Waals surface area contributed by atoms with Gasteiger partial charge < -0.3 is 0 Å². The summed E-state index contributed by atoms with van der Waals surface area (Å²) in [6, 6.07) is 0. The fourth-order valence-corrected chi connectivity index (χ4v) is 0.183. The second-order valence-corrected chi connectivity index (χ2v) is 1.20. The maximum atomic E-state index is 11.4. The minimum Gasteiger partial charge on any atom is -0.246 e. The molecular weight excluding hydrogens is 143 g/mol. The molecule has 0 aliphatic heterocycles. The van der Waals surface area contributed by atoms with Crippen LogP contribution in [0.25, 0.3) is 0 Å². The predicted molar refractivity (Wildman–Crippen MR) is 21.2 cm³/mol. The number of rotatable bonds is 1. The van der Waals surface area contributed by atoms with E-state index < -0.39 is 18.7 Å². The third-order valence-corrected chi connectivity index (χ3v) is 0.527. The molecule has 0 fully saturated rings. The molecule has 0 saturated heterocycles. The largest absolute Gasteiger partial charge is 0.442 e. The summed E-state index contributed by atoms with van der Waals surface area (Å²) in [6.07, 6.45) is -5.20. The lowest BCUT2D eigenvalue weighted by atomic mass is 10.5. The van der Waals surface area contributed by atoms with Crippen LogP contribution in [0.4, 0.5) is 22.0 Å². The highest BCUT2D eigenvalue weighted by molar-refractivity contribution is 4.98. The second-order valence-electron chi connectivity index (χ2n) is 1.20. The summed E-state index contributed by atoms with van der Waals surface area (Å²) in [6.45, 7) is -1.44. The van der Waals surface area contributed by atoms with E-state index >= 15 is 0 Å². The Kier molecular flexibility index (Phi) is 2.61. The molecule has 0 aromatic rings. The van der Waals surface area contributed by atoms with Crippen molar-refractivity contribution in [2.24, 2.45) is 0 Å². The molecule has 54 valence electrons. The standard InChI is InChI=1S/C4H3F5/c5-2-1-3(6)4(7,8)9/h1H,2H2/b3-1+. The van der Waals surface area contributed by atoms with Crippen LogP contribution in [0.5, 0.6) is 0 Å². The second kappa shape index (κ2) is 2.80. The topological polar surface area (TPSA) is 0 Å². The van der Waals surface area contributed by atoms with E-state index in [0.717, 1.165) is 0 Å². The highest BCUT2D eigenvalue weighted by atomic mass is 19.4. The molecule has 0 bridgehead atoms. The first-order chi connectivity index (χ1) is 3.98. The quantitative estimate of drug-likeness (QED) is 0.498. The zero-order valence-corrected chi connectivity index (χ0v) is 4.17. The summed E-state index contributed by atoms with van der Waals surface area (Å²) in [7, 11) is 0. The number of alkyl halides is 4. The van der Waals surface area contributed by atoms with Gasteiger partial charge in [0.15, 0.2) is 0 Å². The Hall–Kier alpha value is -0.610. The minimum absolute atomic E-state index is 0.167. The Bertz CT molecular complexity index is 111. The molecule has 0 saturated carbocycles. The van der Waals surface area contributed by atoms with Gasteiger partial charge in [0.2, 0.25) is 5.83 Å². The molecule has 0 atom stereocenters. The summed E-state index contributed by atoms with van der Waals surface area (Å²) in [5, 5.41) is 0. The van der Waals surface area contributed by atoms with Crippen molar-refractivity contribution < 1.29 is 22.0 Å². The van der Waals surface area contributed by atoms with Crippen molar-refractivity contribution >= 4 is 0 Å². The van der Waals surface area contributed by atoms with Crippen LogP contribution in [0, 0.1) is 0 Å². The number of allylic oxidation sites excluding steroid dienone is 2. The van der Waals surface area contributed by atoms with Crippen molar-refractivity contribution in [2.75, 3.05) is 6.67 Å². The molecule has 0 aromatic carbocycles. The van der Waals surface area contributed by atoms with Crippen LogP contribution in [-0.2, 0) is 0 Å². The monoisotopic (exact) mass is 146 g/mol. The van der Waals surface area contributed by atoms with E-state index in [2.05, 4.69) is 0 Å². The first-order valence-electron chi connectivity index (χ1n) is 1.97. The number of halogens is 5. The molecule has 5 heteroatoms. The average molecular weight is 146 g/mol. The van der Waals surface area contributed by atoms with Crippen molar-refractivity contribution in [1.82, 2.24) is 0 Å². The van der Waals surface area contributed by atoms with Crippen LogP contribution >= 0.6 is 0 Å². The molecule has 0 spiro atoms. The Morgan fingerprint density at radius 3 is 1.89 bits per heavy atom. The third kappa shape index (κ3) is 3.05. The lowest BCUT2D eigenvalue weighted by molar-refractivity contribution is -0.109. The van der Waals surface area contributed by atoms with E-state index in [9.17, 15) is 22.0 Å². The van der Waals surface area contributed by atoms with Crippen molar-refractivity contribution in [3.05, 3.63) is 11.9 Å². The van der Waals surface area contributed by atoms with Gasteiger partial charge >= 0.3 is 6.18 Å². The Labute approximate surface area is 48.0 Å². The first-order valence-corrected chi connectivity index (χ1v) is 1.97. The van der Waals surface area contributed by atoms with Gasteiger partial charge in [-0.2, -0.15) is 13.2 Å². The van der Waals surface area contributed by atoms with E-state index in [1.807, 2.05) is 0 Å². The van der Waals surface area contributed by atoms with Crippen LogP contribution in [0.2, 0.25) is 0 Å². The SMILES string of the molecule is FC/C=C(/F)C(F)(F)F. The zero-order valence-electron chi connectivity index (χ0n) is 4.17. The van der Waals surface area contributed by atoms with Gasteiger partial charge in [-0.15, -0.1) is 0 Å². The summed E-state index contributed by atoms with van der Waals surface area (Å²) >= 11 is 0. The molecule has 0 aliphatic rings. The maximum Gasteiger partial charge on any atom is 0.442 e. The van der Waals surface area contributed by atoms with E-state index in [-0.39, 0.29) is 6.08 Å². The molecule has 0 unspecified atom stereocenters. The van der Waals surface area contributed by atoms with E-state index in [0.29, 0.717) is 0 Å². The number of hydrogen-bond acceptors (Lipinski definition) is 0. The molecule has 0 aliphatic carbocycles. The Balaban J connectivity index is 4.03. The van der Waals surface area contributed by atoms with Gasteiger partial charge in [0, 0.05) is 0 Å². The molecule has 0 N–H and O–H groups in total. The van der Waals surface area contributed by atoms with Crippen molar-refractivity contribution in [3.8, 4) is 0 Å². The van der Waals surface area contributed by atoms with E-state index in [1.54, 1.807) is 0 Å². The molecular formula is C4H3F5. The lowest BCUT2D eigenvalue weighted by Gasteiger charge is -1.99. The van der Waals surface area contributed by atoms with Crippen LogP contribution < -0.4 is 0 Å². The molecule has 9 heavy (non-hydrogen) atoms. The Morgan fingerprint density at radius 1 is 1.33 bits per heavy atom. The molecule has 0 rings (SSSR count). The molecule has 0 radical (unpaired) electrons. The fraction of sp³-hybridized carbons (Fsp3) is 0.500. The van der Waals surface area contributed by atoms with E-state index in [1.165, 1.54) is 0 Å². The van der Waals surface area contributed by atoms with Crippen LogP contribution in [0.3, 0.4) is 0 Å². The van der Waals surface area contributed by atoms with Crippen molar-refractivity contribution in [1.29, 1.82) is 0 Å². The summed E-state index contributed by atoms with van der Waals surface area (Å²) < 4.78 is 55.4. The van der Waals surface area contributed by atoms with Crippen LogP contribution in [0.1, 0.15) is 0 Å². The highest BCUT2D eigenvalue weighted by Crippen LogP contribution is 2.25. The molecule has 0 heterocycles. The van der Waals surface area contributed by atoms with Gasteiger partial charge in [-0.05, 0) is 6.08 Å². The third-order valence-electron chi connectivity index (χ3n) is 0.527. The van der Waals surface area contributed by atoms with Gasteiger partial charge in [0.25, 0.3) is 0 Å². The first kappa shape index (κ1) is 8.39. The summed E-state index contributed by atoms with van der Waals surface area (Å²) in [5.74, 6) is -2.38. The van der Waals surface area contributed by atoms with Gasteiger partial charge in [-0.1, -0.05) is 0 Å². The van der Waals surface area contributed by atoms with Gasteiger partial charge in [-0.25, -0.2) is 8.78 Å². The normalized spacial score (nSPS) is 14.1. The van der Waals surface area contributed by atoms with Gasteiger partial charge in [0.1, 0.15) is 6.67 Å². The smallest absolute Gasteiger partial charge is 0.246 e. The minimum atomic E-state index is -5.04. The molecule has 0 amide bonds. The van der Waals surface area contributed by atoms with E-state index in [4.69, 9.17) is 0 Å². The van der Waals surface area contributed by atoms with Crippen LogP contribution in [-0.4, -0.2) is 12.9 Å². The fourth-order valence-electron chi connectivity index (χ4n) is 0.183. The number of hydrogen-bond donors (Lipinski definition) is 0. The van der Waals surface area contributed by atoms with Crippen molar-refractivity contribution in [3.63, 3.8) is 0 Å². The average Bonchev–Trinajstić information content (AvgIpc) is 1.64. The molecule has 0 nitrogen and oxygen atoms in total. The Morgan fingerprint density at radius 2 is 1.78 bits per heavy atom. The molecule has 0 aromatic heterocycles.